The van der Waals surface area contributed by atoms with Crippen molar-refractivity contribution in [3.8, 4) is 0 Å². The van der Waals surface area contributed by atoms with Crippen LogP contribution in [-0.4, -0.2) is 43.9 Å². The Balaban J connectivity index is 2.26. The Morgan fingerprint density at radius 2 is 1.55 bits per heavy atom. The van der Waals surface area contributed by atoms with E-state index in [0.717, 1.165) is 0 Å². The third kappa shape index (κ3) is 5.47. The summed E-state index contributed by atoms with van der Waals surface area (Å²) in [6, 6.07) is 19.9. The maximum atomic E-state index is 10.2. The van der Waals surface area contributed by atoms with Crippen molar-refractivity contribution in [3.63, 3.8) is 0 Å². The molecule has 0 saturated carbocycles. The summed E-state index contributed by atoms with van der Waals surface area (Å²) in [5, 5.41) is 25.2. The molecule has 0 bridgehead atoms. The number of benzene rings is 2. The van der Waals surface area contributed by atoms with Gasteiger partial charge in [-0.05, 0) is 33.8 Å². The van der Waals surface area contributed by atoms with E-state index in [9.17, 15) is 10.2 Å². The first-order valence-electron chi connectivity index (χ1n) is 9.95. The molecule has 29 heavy (non-hydrogen) atoms. The van der Waals surface area contributed by atoms with Gasteiger partial charge in [-0.3, -0.25) is 0 Å². The summed E-state index contributed by atoms with van der Waals surface area (Å²) >= 11 is 0. The Morgan fingerprint density at radius 3 is 1.97 bits per heavy atom. The molecule has 2 N–H and O–H groups in total. The highest BCUT2D eigenvalue weighted by Gasteiger charge is 2.49. The molecular formula is C22H31N3O3Si. The van der Waals surface area contributed by atoms with Crippen molar-refractivity contribution in [3.05, 3.63) is 71.1 Å². The van der Waals surface area contributed by atoms with Crippen molar-refractivity contribution in [2.24, 2.45) is 5.11 Å². The molecule has 6 nitrogen and oxygen atoms in total. The third-order valence-corrected chi connectivity index (χ3v) is 10.3. The highest BCUT2D eigenvalue weighted by Crippen LogP contribution is 2.36. The normalized spacial score (nSPS) is 14.1. The second-order valence-electron chi connectivity index (χ2n) is 8.18. The van der Waals surface area contributed by atoms with Crippen molar-refractivity contribution >= 4 is 18.7 Å². The van der Waals surface area contributed by atoms with E-state index in [1.165, 1.54) is 10.4 Å². The van der Waals surface area contributed by atoms with Crippen molar-refractivity contribution < 1.29 is 14.6 Å². The Bertz CT molecular complexity index is 750. The van der Waals surface area contributed by atoms with E-state index in [1.54, 1.807) is 0 Å². The monoisotopic (exact) mass is 413 g/mol. The van der Waals surface area contributed by atoms with Gasteiger partial charge in [-0.2, -0.15) is 0 Å². The molecule has 0 saturated heterocycles. The lowest BCUT2D eigenvalue weighted by atomic mass is 10.1. The Labute approximate surface area is 173 Å². The fourth-order valence-corrected chi connectivity index (χ4v) is 8.38. The Kier molecular flexibility index (Phi) is 8.43. The summed E-state index contributed by atoms with van der Waals surface area (Å²) in [4.78, 5) is 2.69. The van der Waals surface area contributed by atoms with Crippen molar-refractivity contribution in [2.75, 3.05) is 13.2 Å². The topological polar surface area (TPSA) is 98.5 Å². The zero-order valence-corrected chi connectivity index (χ0v) is 18.4. The Hall–Kier alpha value is -2.15. The summed E-state index contributed by atoms with van der Waals surface area (Å²) in [6.45, 7) is 6.76. The minimum absolute atomic E-state index is 0.104. The molecule has 0 spiro atoms. The van der Waals surface area contributed by atoms with E-state index in [4.69, 9.17) is 9.96 Å². The van der Waals surface area contributed by atoms with Gasteiger partial charge in [0.25, 0.3) is 8.32 Å². The first kappa shape index (κ1) is 23.1. The minimum atomic E-state index is -2.58. The molecule has 0 aliphatic rings. The SMILES string of the molecule is CC(C)(C)[Si](OCCC[C@H](O)[C@@H](CO)N=[N+]=[N-])(c1ccccc1)c1ccccc1. The van der Waals surface area contributed by atoms with E-state index in [2.05, 4.69) is 55.1 Å². The van der Waals surface area contributed by atoms with Crippen molar-refractivity contribution in [1.82, 2.24) is 0 Å². The van der Waals surface area contributed by atoms with Crippen LogP contribution >= 0.6 is 0 Å². The van der Waals surface area contributed by atoms with Gasteiger partial charge >= 0.3 is 0 Å². The van der Waals surface area contributed by atoms with Crippen molar-refractivity contribution in [1.29, 1.82) is 0 Å². The first-order chi connectivity index (χ1) is 13.9. The van der Waals surface area contributed by atoms with Gasteiger partial charge in [0.15, 0.2) is 0 Å². The van der Waals surface area contributed by atoms with E-state index in [1.807, 2.05) is 36.4 Å². The number of aliphatic hydroxyl groups excluding tert-OH is 2. The Morgan fingerprint density at radius 1 is 1.03 bits per heavy atom. The maximum absolute atomic E-state index is 10.2. The highest BCUT2D eigenvalue weighted by molar-refractivity contribution is 6.99. The van der Waals surface area contributed by atoms with Gasteiger partial charge in [-0.1, -0.05) is 86.5 Å². The number of azide groups is 1. The fraction of sp³-hybridized carbons (Fsp3) is 0.455. The zero-order chi connectivity index (χ0) is 21.3. The second-order valence-corrected chi connectivity index (χ2v) is 12.5. The van der Waals surface area contributed by atoms with Crippen LogP contribution in [0, 0.1) is 0 Å². The van der Waals surface area contributed by atoms with Gasteiger partial charge in [0.1, 0.15) is 0 Å². The molecule has 0 aliphatic heterocycles. The van der Waals surface area contributed by atoms with Crippen LogP contribution in [0.15, 0.2) is 65.8 Å². The summed E-state index contributed by atoms with van der Waals surface area (Å²) in [5.74, 6) is 0. The molecule has 0 heterocycles. The van der Waals surface area contributed by atoms with Gasteiger partial charge in [0.05, 0.1) is 18.8 Å². The number of hydrogen-bond acceptors (Lipinski definition) is 4. The minimum Gasteiger partial charge on any atom is -0.407 e. The largest absolute Gasteiger partial charge is 0.407 e. The molecule has 0 unspecified atom stereocenters. The summed E-state index contributed by atoms with van der Waals surface area (Å²) in [5.41, 5.74) is 8.55. The van der Waals surface area contributed by atoms with Crippen molar-refractivity contribution in [2.45, 2.75) is 50.8 Å². The van der Waals surface area contributed by atoms with Crippen LogP contribution in [0.25, 0.3) is 10.4 Å². The smallest absolute Gasteiger partial charge is 0.261 e. The van der Waals surface area contributed by atoms with E-state index < -0.39 is 20.5 Å². The molecule has 2 rings (SSSR count). The van der Waals surface area contributed by atoms with Crippen LogP contribution in [-0.2, 0) is 4.43 Å². The van der Waals surface area contributed by atoms with Crippen LogP contribution in [0.3, 0.4) is 0 Å². The van der Waals surface area contributed by atoms with E-state index >= 15 is 0 Å². The van der Waals surface area contributed by atoms with Crippen LogP contribution in [0.4, 0.5) is 0 Å². The fourth-order valence-electron chi connectivity index (χ4n) is 3.77. The van der Waals surface area contributed by atoms with E-state index in [-0.39, 0.29) is 11.6 Å². The lowest BCUT2D eigenvalue weighted by molar-refractivity contribution is 0.0950. The number of hydrogen-bond donors (Lipinski definition) is 2. The molecule has 0 aliphatic carbocycles. The van der Waals surface area contributed by atoms with Crippen LogP contribution in [0.2, 0.25) is 5.04 Å². The lowest BCUT2D eigenvalue weighted by Crippen LogP contribution is -2.66. The molecular weight excluding hydrogens is 382 g/mol. The summed E-state index contributed by atoms with van der Waals surface area (Å²) < 4.78 is 6.75. The summed E-state index contributed by atoms with van der Waals surface area (Å²) in [7, 11) is -2.58. The summed E-state index contributed by atoms with van der Waals surface area (Å²) in [6.07, 6.45) is 0.101. The number of rotatable bonds is 10. The molecule has 0 amide bonds. The van der Waals surface area contributed by atoms with Crippen LogP contribution in [0.1, 0.15) is 33.6 Å². The first-order valence-corrected chi connectivity index (χ1v) is 11.9. The van der Waals surface area contributed by atoms with Crippen LogP contribution < -0.4 is 10.4 Å². The number of aliphatic hydroxyl groups is 2. The molecule has 2 aromatic carbocycles. The van der Waals surface area contributed by atoms with Gasteiger partial charge in [-0.15, -0.1) is 0 Å². The number of nitrogens with zero attached hydrogens (tertiary/aromatic N) is 3. The molecule has 0 fully saturated rings. The molecule has 2 atom stereocenters. The predicted octanol–water partition coefficient (Wildman–Crippen LogP) is 3.38. The van der Waals surface area contributed by atoms with E-state index in [0.29, 0.717) is 19.4 Å². The second kappa shape index (κ2) is 10.6. The maximum Gasteiger partial charge on any atom is 0.261 e. The highest BCUT2D eigenvalue weighted by atomic mass is 28.4. The molecule has 2 aromatic rings. The predicted molar refractivity (Wildman–Crippen MR) is 119 cm³/mol. The average Bonchev–Trinajstić information content (AvgIpc) is 2.72. The standard InChI is InChI=1S/C22H31N3O3Si/c1-22(2,3)29(18-11-6-4-7-12-18,19-13-8-5-9-14-19)28-16-10-15-21(27)20(17-26)24-25-23/h4-9,11-14,20-21,26-27H,10,15-17H2,1-3H3/t20-,21+/m1/s1. The van der Waals surface area contributed by atoms with Gasteiger partial charge < -0.3 is 14.6 Å². The molecule has 7 heteroatoms. The average molecular weight is 414 g/mol. The lowest BCUT2D eigenvalue weighted by Gasteiger charge is -2.43. The quantitative estimate of drug-likeness (QED) is 0.205. The molecule has 0 radical (unpaired) electrons. The zero-order valence-electron chi connectivity index (χ0n) is 17.4. The molecule has 156 valence electrons. The van der Waals surface area contributed by atoms with Gasteiger partial charge in [-0.25, -0.2) is 0 Å². The van der Waals surface area contributed by atoms with Gasteiger partial charge in [0, 0.05) is 11.5 Å². The van der Waals surface area contributed by atoms with Crippen LogP contribution in [0.5, 0.6) is 0 Å². The third-order valence-electron chi connectivity index (χ3n) is 5.21. The molecule has 0 aromatic heterocycles. The van der Waals surface area contributed by atoms with Gasteiger partial charge in [0.2, 0.25) is 0 Å².